The number of benzene rings is 6. The van der Waals surface area contributed by atoms with Crippen LogP contribution in [0.15, 0.2) is 176 Å². The number of nitrogens with zero attached hydrogens (tertiary/aromatic N) is 8. The number of carbonyl (C=O) groups excluding carboxylic acids is 3. The van der Waals surface area contributed by atoms with Crippen LogP contribution in [-0.4, -0.2) is 51.3 Å². The Morgan fingerprint density at radius 3 is 1.45 bits per heavy atom. The van der Waals surface area contributed by atoms with Gasteiger partial charge in [-0.1, -0.05) is 68.2 Å². The van der Waals surface area contributed by atoms with E-state index in [2.05, 4.69) is 110 Å². The highest BCUT2D eigenvalue weighted by atomic mass is 16.6. The van der Waals surface area contributed by atoms with Crippen molar-refractivity contribution in [1.82, 2.24) is 0 Å². The first kappa shape index (κ1) is 62.4. The summed E-state index contributed by atoms with van der Waals surface area (Å²) in [5, 5.41) is 37.6. The molecule has 0 aliphatic rings. The van der Waals surface area contributed by atoms with Crippen LogP contribution in [0.25, 0.3) is 0 Å². The summed E-state index contributed by atoms with van der Waals surface area (Å²) < 4.78 is 18.1. The maximum atomic E-state index is 14.4. The van der Waals surface area contributed by atoms with Crippen molar-refractivity contribution in [2.24, 2.45) is 63.7 Å². The molecule has 0 saturated heterocycles. The van der Waals surface area contributed by atoms with E-state index in [-0.39, 0.29) is 54.4 Å². The molecule has 0 bridgehead atoms. The minimum absolute atomic E-state index is 0.0247. The van der Waals surface area contributed by atoms with Gasteiger partial charge >= 0.3 is 11.9 Å². The van der Waals surface area contributed by atoms with Gasteiger partial charge in [0.15, 0.2) is 0 Å². The third kappa shape index (κ3) is 17.8. The number of likely N-dealkylation sites (N-methyl/N-ethyl adjacent to an activating group) is 1. The van der Waals surface area contributed by atoms with Gasteiger partial charge in [0.2, 0.25) is 0 Å². The molecule has 2 atom stereocenters. The lowest BCUT2D eigenvalue weighted by molar-refractivity contribution is -0.170. The second-order valence-electron chi connectivity index (χ2n) is 24.1. The monoisotopic (exact) mass is 1100 g/mol. The number of anilines is 2. The highest BCUT2D eigenvalue weighted by Gasteiger charge is 2.53. The van der Waals surface area contributed by atoms with E-state index < -0.39 is 16.2 Å². The van der Waals surface area contributed by atoms with Gasteiger partial charge in [-0.25, -0.2) is 0 Å². The lowest BCUT2D eigenvalue weighted by atomic mass is 9.54. The first-order chi connectivity index (χ1) is 38.8. The number of ether oxygens (including phenoxy) is 3. The molecule has 15 heteroatoms. The summed E-state index contributed by atoms with van der Waals surface area (Å²) in [6, 6.07) is 44.9. The van der Waals surface area contributed by atoms with Crippen LogP contribution in [0, 0.1) is 56.7 Å². The van der Waals surface area contributed by atoms with Crippen molar-refractivity contribution in [2.75, 3.05) is 43.6 Å². The van der Waals surface area contributed by atoms with Crippen LogP contribution in [0.1, 0.15) is 117 Å². The maximum Gasteiger partial charge on any atom is 0.312 e. The Kier molecular flexibility index (Phi) is 21.0. The van der Waals surface area contributed by atoms with E-state index in [9.17, 15) is 14.4 Å². The molecule has 0 radical (unpaired) electrons. The Labute approximate surface area is 484 Å². The van der Waals surface area contributed by atoms with Crippen molar-refractivity contribution in [3.05, 3.63) is 162 Å². The molecule has 82 heavy (non-hydrogen) atoms. The number of hydrogen-bond acceptors (Lipinski definition) is 14. The van der Waals surface area contributed by atoms with Gasteiger partial charge in [-0.2, -0.15) is 35.9 Å². The van der Waals surface area contributed by atoms with E-state index in [1.165, 1.54) is 0 Å². The number of nitrogens with one attached hydrogen (secondary N) is 1. The number of hydrogen-bond donors (Lipinski definition) is 1. The molecule has 6 aromatic carbocycles. The standard InChI is InChI=1S/C67H77N9O6/c1-14-48-15-21-52(22-16-48)70-72-54-27-25-51(26-28-54)69-60(77)50-19-37-59(38-20-50)80-41-42-82-62(79)67(12,44-63(4,5)6)65(9,10)45-64(7,8)46-66(11,47(2)3)61(78)81-40-39-76(13)58-35-33-57(34-36-58)75-74-56-31-29-55(30-32-56)73-71-53-23-17-49(43-68)18-24-53/h1,15-38,47H,39-42,44-46H2,2-13H3,(H,69,77). The molecule has 2 unspecified atom stereocenters. The zero-order valence-corrected chi connectivity index (χ0v) is 49.5. The van der Waals surface area contributed by atoms with Gasteiger partial charge in [0.25, 0.3) is 5.91 Å². The van der Waals surface area contributed by atoms with Crippen LogP contribution in [0.2, 0.25) is 0 Å². The lowest BCUT2D eigenvalue weighted by Crippen LogP contribution is -2.49. The second-order valence-corrected chi connectivity index (χ2v) is 24.1. The van der Waals surface area contributed by atoms with Crippen molar-refractivity contribution >= 4 is 63.3 Å². The predicted molar refractivity (Wildman–Crippen MR) is 324 cm³/mol. The lowest BCUT2D eigenvalue weighted by Gasteiger charge is -2.50. The predicted octanol–water partition coefficient (Wildman–Crippen LogP) is 17.6. The Hall–Kier alpha value is -8.82. The molecule has 0 aromatic heterocycles. The molecule has 0 saturated carbocycles. The first-order valence-electron chi connectivity index (χ1n) is 27.5. The number of esters is 2. The van der Waals surface area contributed by atoms with Crippen molar-refractivity contribution in [3.8, 4) is 24.2 Å². The fourth-order valence-corrected chi connectivity index (χ4v) is 10.1. The SMILES string of the molecule is C#Cc1ccc(N=Nc2ccc(NC(=O)c3ccc(OCCOC(=O)C(C)(CC(C)(C)C)C(C)(C)CC(C)(C)CC(C)(C(=O)OCCN(C)c4ccc(N=Nc5ccc(N=Nc6ccc(C#N)cc6)cc5)cc4)C(C)C)cc3)cc2)cc1. The summed E-state index contributed by atoms with van der Waals surface area (Å²) in [4.78, 5) is 43.7. The minimum atomic E-state index is -0.894. The number of rotatable bonds is 25. The fourth-order valence-electron chi connectivity index (χ4n) is 10.1. The summed E-state index contributed by atoms with van der Waals surface area (Å²) >= 11 is 0. The summed E-state index contributed by atoms with van der Waals surface area (Å²) in [5.74, 6) is 2.24. The molecule has 0 aliphatic heterocycles. The number of amides is 1. The van der Waals surface area contributed by atoms with E-state index in [4.69, 9.17) is 25.9 Å². The van der Waals surface area contributed by atoms with E-state index >= 15 is 0 Å². The van der Waals surface area contributed by atoms with E-state index in [1.54, 1.807) is 97.1 Å². The zero-order valence-electron chi connectivity index (χ0n) is 49.5. The third-order valence-corrected chi connectivity index (χ3v) is 14.8. The van der Waals surface area contributed by atoms with Crippen molar-refractivity contribution in [1.29, 1.82) is 5.26 Å². The van der Waals surface area contributed by atoms with E-state index in [0.717, 1.165) is 11.3 Å². The Balaban J connectivity index is 0.963. The Morgan fingerprint density at radius 1 is 0.561 bits per heavy atom. The fraction of sp³-hybridized carbons (Fsp3) is 0.373. The summed E-state index contributed by atoms with van der Waals surface area (Å²) in [6.45, 7) is 24.0. The smallest absolute Gasteiger partial charge is 0.312 e. The van der Waals surface area contributed by atoms with Crippen LogP contribution in [0.4, 0.5) is 45.5 Å². The molecule has 0 heterocycles. The van der Waals surface area contributed by atoms with Gasteiger partial charge in [-0.15, -0.1) is 6.42 Å². The number of nitriles is 1. The second kappa shape index (κ2) is 27.6. The molecule has 1 N–H and O–H groups in total. The highest BCUT2D eigenvalue weighted by Crippen LogP contribution is 2.55. The quantitative estimate of drug-likeness (QED) is 0.0253. The van der Waals surface area contributed by atoms with Gasteiger partial charge in [0, 0.05) is 29.5 Å². The molecule has 0 aliphatic carbocycles. The molecule has 0 fully saturated rings. The Bertz CT molecular complexity index is 3280. The van der Waals surface area contributed by atoms with Gasteiger partial charge in [0.05, 0.1) is 63.1 Å². The summed E-state index contributed by atoms with van der Waals surface area (Å²) in [5.41, 5.74) is 4.42. The summed E-state index contributed by atoms with van der Waals surface area (Å²) in [6.07, 6.45) is 7.17. The number of carbonyl (C=O) groups is 3. The highest BCUT2D eigenvalue weighted by molar-refractivity contribution is 6.04. The van der Waals surface area contributed by atoms with Crippen LogP contribution >= 0.6 is 0 Å². The topological polar surface area (TPSA) is 192 Å². The van der Waals surface area contributed by atoms with E-state index in [0.29, 0.717) is 82.5 Å². The summed E-state index contributed by atoms with van der Waals surface area (Å²) in [7, 11) is 1.95. The molecule has 426 valence electrons. The molecule has 15 nitrogen and oxygen atoms in total. The van der Waals surface area contributed by atoms with Gasteiger partial charge in [-0.05, 0) is 201 Å². The molecule has 1 amide bonds. The van der Waals surface area contributed by atoms with Crippen molar-refractivity contribution in [3.63, 3.8) is 0 Å². The molecular formula is C67H77N9O6. The largest absolute Gasteiger partial charge is 0.490 e. The van der Waals surface area contributed by atoms with Crippen LogP contribution < -0.4 is 15.0 Å². The molecule has 6 rings (SSSR count). The normalized spacial score (nSPS) is 13.5. The first-order valence-corrected chi connectivity index (χ1v) is 27.5. The zero-order chi connectivity index (χ0) is 59.7. The van der Waals surface area contributed by atoms with Gasteiger partial charge in [-0.3, -0.25) is 14.4 Å². The van der Waals surface area contributed by atoms with E-state index in [1.807, 2.05) is 74.3 Å². The average molecular weight is 1100 g/mol. The van der Waals surface area contributed by atoms with Crippen molar-refractivity contribution < 1.29 is 28.6 Å². The van der Waals surface area contributed by atoms with Gasteiger partial charge in [0.1, 0.15) is 25.6 Å². The third-order valence-electron chi connectivity index (χ3n) is 14.8. The van der Waals surface area contributed by atoms with Gasteiger partial charge < -0.3 is 24.4 Å². The maximum absolute atomic E-state index is 14.4. The molecule has 6 aromatic rings. The molecule has 0 spiro atoms. The van der Waals surface area contributed by atoms with Crippen LogP contribution in [0.3, 0.4) is 0 Å². The number of terminal acetylenes is 1. The minimum Gasteiger partial charge on any atom is -0.490 e. The number of azo groups is 3. The average Bonchev–Trinajstić information content (AvgIpc) is 2.34. The van der Waals surface area contributed by atoms with Crippen LogP contribution in [0.5, 0.6) is 5.75 Å². The molecular weight excluding hydrogens is 1030 g/mol. The Morgan fingerprint density at radius 2 is 1.00 bits per heavy atom. The van der Waals surface area contributed by atoms with Crippen molar-refractivity contribution in [2.45, 2.75) is 95.4 Å². The van der Waals surface area contributed by atoms with Crippen LogP contribution in [-0.2, 0) is 19.1 Å².